The molecule has 1 aromatic heterocycles. The Labute approximate surface area is 91.7 Å². The maximum absolute atomic E-state index is 5.91. The highest BCUT2D eigenvalue weighted by atomic mass is 35.5. The van der Waals surface area contributed by atoms with Crippen molar-refractivity contribution < 1.29 is 4.74 Å². The van der Waals surface area contributed by atoms with Crippen molar-refractivity contribution in [1.82, 2.24) is 4.98 Å². The molecule has 0 saturated carbocycles. The standard InChI is InChI=1S/C11H9ClN2O/c12-8-1-2-9-7(5-8)6-10(14-9)11-13-3-4-15-11/h1-2,5-6,14H,3-4H2. The molecule has 0 atom stereocenters. The first-order chi connectivity index (χ1) is 7.33. The summed E-state index contributed by atoms with van der Waals surface area (Å²) in [6.45, 7) is 1.41. The fourth-order valence-corrected chi connectivity index (χ4v) is 1.90. The van der Waals surface area contributed by atoms with Crippen LogP contribution in [0, 0.1) is 0 Å². The molecule has 76 valence electrons. The van der Waals surface area contributed by atoms with Gasteiger partial charge in [-0.3, -0.25) is 0 Å². The van der Waals surface area contributed by atoms with Gasteiger partial charge in [0.15, 0.2) is 0 Å². The Hall–Kier alpha value is -1.48. The van der Waals surface area contributed by atoms with Crippen LogP contribution in [0.5, 0.6) is 0 Å². The van der Waals surface area contributed by atoms with Crippen LogP contribution >= 0.6 is 11.6 Å². The van der Waals surface area contributed by atoms with E-state index in [0.29, 0.717) is 12.5 Å². The summed E-state index contributed by atoms with van der Waals surface area (Å²) < 4.78 is 5.38. The molecular formula is C11H9ClN2O. The Morgan fingerprint density at radius 2 is 2.27 bits per heavy atom. The molecule has 0 bridgehead atoms. The Morgan fingerprint density at radius 3 is 3.07 bits per heavy atom. The summed E-state index contributed by atoms with van der Waals surface area (Å²) in [7, 11) is 0. The van der Waals surface area contributed by atoms with Crippen LogP contribution in [-0.4, -0.2) is 24.0 Å². The van der Waals surface area contributed by atoms with E-state index < -0.39 is 0 Å². The van der Waals surface area contributed by atoms with Crippen LogP contribution in [0.3, 0.4) is 0 Å². The molecule has 0 fully saturated rings. The van der Waals surface area contributed by atoms with Gasteiger partial charge in [0.1, 0.15) is 12.3 Å². The van der Waals surface area contributed by atoms with Gasteiger partial charge in [-0.05, 0) is 24.3 Å². The Kier molecular flexibility index (Phi) is 1.92. The number of aromatic nitrogens is 1. The number of ether oxygens (including phenoxy) is 1. The molecule has 0 spiro atoms. The number of fused-ring (bicyclic) bond motifs is 1. The second-order valence-electron chi connectivity index (χ2n) is 3.45. The molecule has 0 amide bonds. The number of rotatable bonds is 1. The van der Waals surface area contributed by atoms with E-state index in [9.17, 15) is 0 Å². The molecule has 0 unspecified atom stereocenters. The van der Waals surface area contributed by atoms with Gasteiger partial charge in [-0.15, -0.1) is 0 Å². The third-order valence-electron chi connectivity index (χ3n) is 2.40. The van der Waals surface area contributed by atoms with E-state index in [-0.39, 0.29) is 0 Å². The van der Waals surface area contributed by atoms with Crippen LogP contribution < -0.4 is 0 Å². The third-order valence-corrected chi connectivity index (χ3v) is 2.63. The molecule has 0 radical (unpaired) electrons. The molecule has 2 aromatic rings. The number of benzene rings is 1. The minimum atomic E-state index is 0.672. The van der Waals surface area contributed by atoms with Crippen LogP contribution in [0.2, 0.25) is 5.02 Å². The monoisotopic (exact) mass is 220 g/mol. The van der Waals surface area contributed by atoms with Crippen molar-refractivity contribution in [1.29, 1.82) is 0 Å². The van der Waals surface area contributed by atoms with Crippen LogP contribution in [-0.2, 0) is 4.74 Å². The van der Waals surface area contributed by atoms with Gasteiger partial charge in [-0.25, -0.2) is 4.99 Å². The summed E-state index contributed by atoms with van der Waals surface area (Å²) in [6, 6.07) is 7.75. The lowest BCUT2D eigenvalue weighted by atomic mass is 10.2. The molecule has 0 aliphatic carbocycles. The summed E-state index contributed by atoms with van der Waals surface area (Å²) in [5, 5.41) is 1.82. The van der Waals surface area contributed by atoms with Gasteiger partial charge in [0.2, 0.25) is 5.90 Å². The summed E-state index contributed by atoms with van der Waals surface area (Å²) in [5.74, 6) is 0.697. The average Bonchev–Trinajstić information content (AvgIpc) is 2.84. The second kappa shape index (κ2) is 3.28. The predicted octanol–water partition coefficient (Wildman–Crippen LogP) is 2.60. The van der Waals surface area contributed by atoms with E-state index >= 15 is 0 Å². The summed E-state index contributed by atoms with van der Waals surface area (Å²) >= 11 is 5.91. The summed E-state index contributed by atoms with van der Waals surface area (Å²) in [6.07, 6.45) is 0. The van der Waals surface area contributed by atoms with E-state index in [1.165, 1.54) is 0 Å². The number of H-pyrrole nitrogens is 1. The van der Waals surface area contributed by atoms with E-state index in [2.05, 4.69) is 9.98 Å². The van der Waals surface area contributed by atoms with Crippen molar-refractivity contribution in [2.24, 2.45) is 4.99 Å². The first-order valence-electron chi connectivity index (χ1n) is 4.79. The highest BCUT2D eigenvalue weighted by Gasteiger charge is 2.12. The van der Waals surface area contributed by atoms with Gasteiger partial charge in [0.05, 0.1) is 6.54 Å². The van der Waals surface area contributed by atoms with E-state index in [4.69, 9.17) is 16.3 Å². The molecule has 1 aromatic carbocycles. The molecule has 1 aliphatic rings. The zero-order valence-electron chi connectivity index (χ0n) is 7.96. The summed E-state index contributed by atoms with van der Waals surface area (Å²) in [4.78, 5) is 7.50. The molecule has 0 saturated heterocycles. The SMILES string of the molecule is Clc1ccc2[nH]c(C3=NCCO3)cc2c1. The van der Waals surface area contributed by atoms with Crippen molar-refractivity contribution >= 4 is 28.4 Å². The Bertz CT molecular complexity index is 545. The number of hydrogen-bond donors (Lipinski definition) is 1. The van der Waals surface area contributed by atoms with Gasteiger partial charge in [0, 0.05) is 15.9 Å². The lowest BCUT2D eigenvalue weighted by Gasteiger charge is -1.95. The number of halogens is 1. The molecule has 4 heteroatoms. The van der Waals surface area contributed by atoms with Gasteiger partial charge >= 0.3 is 0 Å². The van der Waals surface area contributed by atoms with E-state index in [0.717, 1.165) is 28.2 Å². The highest BCUT2D eigenvalue weighted by molar-refractivity contribution is 6.31. The number of aliphatic imine (C=N–C) groups is 1. The van der Waals surface area contributed by atoms with Crippen LogP contribution in [0.1, 0.15) is 5.69 Å². The quantitative estimate of drug-likeness (QED) is 0.788. The maximum atomic E-state index is 5.91. The fourth-order valence-electron chi connectivity index (χ4n) is 1.72. The number of nitrogens with one attached hydrogen (secondary N) is 1. The second-order valence-corrected chi connectivity index (χ2v) is 3.89. The largest absolute Gasteiger partial charge is 0.474 e. The van der Waals surface area contributed by atoms with Crippen LogP contribution in [0.15, 0.2) is 29.3 Å². The fraction of sp³-hybridized carbons (Fsp3) is 0.182. The van der Waals surface area contributed by atoms with Crippen molar-refractivity contribution in [2.45, 2.75) is 0 Å². The van der Waals surface area contributed by atoms with Crippen molar-refractivity contribution in [2.75, 3.05) is 13.2 Å². The van der Waals surface area contributed by atoms with Crippen LogP contribution in [0.25, 0.3) is 10.9 Å². The zero-order chi connectivity index (χ0) is 10.3. The Balaban J connectivity index is 2.13. The lowest BCUT2D eigenvalue weighted by Crippen LogP contribution is -2.00. The van der Waals surface area contributed by atoms with E-state index in [1.54, 1.807) is 0 Å². The normalized spacial score (nSPS) is 15.4. The minimum Gasteiger partial charge on any atom is -0.474 e. The smallest absolute Gasteiger partial charge is 0.233 e. The molecule has 2 heterocycles. The third kappa shape index (κ3) is 1.49. The summed E-state index contributed by atoms with van der Waals surface area (Å²) in [5.41, 5.74) is 1.97. The number of hydrogen-bond acceptors (Lipinski definition) is 2. The topological polar surface area (TPSA) is 37.4 Å². The minimum absolute atomic E-state index is 0.672. The van der Waals surface area contributed by atoms with E-state index in [1.807, 2.05) is 24.3 Å². The molecule has 3 rings (SSSR count). The van der Waals surface area contributed by atoms with Crippen molar-refractivity contribution in [3.8, 4) is 0 Å². The molecule has 15 heavy (non-hydrogen) atoms. The van der Waals surface area contributed by atoms with Gasteiger partial charge in [0.25, 0.3) is 0 Å². The van der Waals surface area contributed by atoms with Crippen molar-refractivity contribution in [3.05, 3.63) is 35.0 Å². The average molecular weight is 221 g/mol. The van der Waals surface area contributed by atoms with Gasteiger partial charge in [-0.1, -0.05) is 11.6 Å². The highest BCUT2D eigenvalue weighted by Crippen LogP contribution is 2.21. The molecule has 3 nitrogen and oxygen atoms in total. The van der Waals surface area contributed by atoms with Gasteiger partial charge < -0.3 is 9.72 Å². The van der Waals surface area contributed by atoms with Gasteiger partial charge in [-0.2, -0.15) is 0 Å². The lowest BCUT2D eigenvalue weighted by molar-refractivity contribution is 0.347. The maximum Gasteiger partial charge on any atom is 0.233 e. The van der Waals surface area contributed by atoms with Crippen LogP contribution in [0.4, 0.5) is 0 Å². The first-order valence-corrected chi connectivity index (χ1v) is 5.16. The molecule has 1 aliphatic heterocycles. The Morgan fingerprint density at radius 1 is 1.33 bits per heavy atom. The molecule has 1 N–H and O–H groups in total. The number of aromatic amines is 1. The first kappa shape index (κ1) is 8.80. The zero-order valence-corrected chi connectivity index (χ0v) is 8.71. The molecular weight excluding hydrogens is 212 g/mol. The predicted molar refractivity (Wildman–Crippen MR) is 60.7 cm³/mol. The number of nitrogens with zero attached hydrogens (tertiary/aromatic N) is 1. The van der Waals surface area contributed by atoms with Crippen molar-refractivity contribution in [3.63, 3.8) is 0 Å².